The van der Waals surface area contributed by atoms with Crippen LogP contribution in [0.1, 0.15) is 42.3 Å². The SMILES string of the molecule is CC(C)[C@@H]1NC(=O)c2cc(ccc2O)Oc2ccc(cc2)C[C@H](C(=O)NCc2ccccc2F)NC(=O)[C@H](C)NC1=O. The molecule has 4 amide bonds. The predicted molar refractivity (Wildman–Crippen MR) is 152 cm³/mol. The normalized spacial score (nSPS) is 19.5. The molecule has 2 aliphatic rings. The number of benzene rings is 3. The van der Waals surface area contributed by atoms with Crippen LogP contribution >= 0.6 is 0 Å². The fourth-order valence-corrected chi connectivity index (χ4v) is 4.40. The Kier molecular flexibility index (Phi) is 9.41. The number of ether oxygens (including phenoxy) is 1. The molecule has 10 nitrogen and oxygen atoms in total. The molecule has 0 spiro atoms. The molecule has 2 heterocycles. The zero-order valence-electron chi connectivity index (χ0n) is 23.4. The maximum Gasteiger partial charge on any atom is 0.255 e. The Hall–Kier alpha value is -4.93. The molecule has 0 aromatic heterocycles. The van der Waals surface area contributed by atoms with E-state index in [1.807, 2.05) is 0 Å². The average Bonchev–Trinajstić information content (AvgIpc) is 2.96. The number of carbonyl (C=O) groups is 4. The Balaban J connectivity index is 1.64. The van der Waals surface area contributed by atoms with Crippen molar-refractivity contribution < 1.29 is 33.4 Å². The summed E-state index contributed by atoms with van der Waals surface area (Å²) in [5.74, 6) is -2.91. The lowest BCUT2D eigenvalue weighted by Crippen LogP contribution is -2.57. The molecule has 5 N–H and O–H groups in total. The number of halogens is 1. The van der Waals surface area contributed by atoms with Gasteiger partial charge in [0.25, 0.3) is 5.91 Å². The molecular weight excluding hydrogens is 543 g/mol. The number of carbonyl (C=O) groups excluding carboxylic acids is 4. The maximum absolute atomic E-state index is 14.1. The zero-order valence-corrected chi connectivity index (χ0v) is 23.4. The van der Waals surface area contributed by atoms with Crippen LogP contribution in [0.3, 0.4) is 0 Å². The van der Waals surface area contributed by atoms with Gasteiger partial charge >= 0.3 is 0 Å². The first kappa shape index (κ1) is 30.0. The van der Waals surface area contributed by atoms with Crippen molar-refractivity contribution in [2.24, 2.45) is 5.92 Å². The largest absolute Gasteiger partial charge is 0.507 e. The number of phenolic OH excluding ortho intramolecular Hbond substituents is 1. The topological polar surface area (TPSA) is 146 Å². The monoisotopic (exact) mass is 576 g/mol. The van der Waals surface area contributed by atoms with Crippen molar-refractivity contribution >= 4 is 23.6 Å². The highest BCUT2D eigenvalue weighted by molar-refractivity contribution is 6.00. The lowest BCUT2D eigenvalue weighted by molar-refractivity contribution is -0.132. The van der Waals surface area contributed by atoms with Crippen molar-refractivity contribution in [1.29, 1.82) is 0 Å². The predicted octanol–water partition coefficient (Wildman–Crippen LogP) is 2.94. The Morgan fingerprint density at radius 2 is 1.67 bits per heavy atom. The highest BCUT2D eigenvalue weighted by Crippen LogP contribution is 2.28. The highest BCUT2D eigenvalue weighted by atomic mass is 19.1. The highest BCUT2D eigenvalue weighted by Gasteiger charge is 2.30. The number of nitrogens with one attached hydrogen (secondary N) is 4. The molecule has 42 heavy (non-hydrogen) atoms. The van der Waals surface area contributed by atoms with Gasteiger partial charge in [-0.1, -0.05) is 44.2 Å². The summed E-state index contributed by atoms with van der Waals surface area (Å²) in [5, 5.41) is 20.9. The van der Waals surface area contributed by atoms with Gasteiger partial charge in [-0.3, -0.25) is 19.2 Å². The summed E-state index contributed by atoms with van der Waals surface area (Å²) in [6.45, 7) is 4.82. The smallest absolute Gasteiger partial charge is 0.255 e. The molecular formula is C31H33FN4O6. The molecule has 3 aromatic carbocycles. The summed E-state index contributed by atoms with van der Waals surface area (Å²) >= 11 is 0. The molecule has 4 bridgehead atoms. The molecule has 0 unspecified atom stereocenters. The third-order valence-electron chi connectivity index (χ3n) is 6.84. The van der Waals surface area contributed by atoms with Crippen molar-refractivity contribution in [2.75, 3.05) is 0 Å². The van der Waals surface area contributed by atoms with Crippen LogP contribution in [0.5, 0.6) is 17.2 Å². The molecule has 11 heteroatoms. The van der Waals surface area contributed by atoms with E-state index in [1.54, 1.807) is 56.3 Å². The van der Waals surface area contributed by atoms with E-state index in [-0.39, 0.29) is 35.9 Å². The zero-order chi connectivity index (χ0) is 30.4. The Labute approximate surface area is 242 Å². The van der Waals surface area contributed by atoms with Gasteiger partial charge in [-0.25, -0.2) is 4.39 Å². The van der Waals surface area contributed by atoms with Gasteiger partial charge in [0.2, 0.25) is 17.7 Å². The Bertz CT molecular complexity index is 1480. The minimum Gasteiger partial charge on any atom is -0.507 e. The van der Waals surface area contributed by atoms with E-state index in [0.29, 0.717) is 16.9 Å². The summed E-state index contributed by atoms with van der Waals surface area (Å²) in [5.41, 5.74) is 0.898. The maximum atomic E-state index is 14.1. The molecule has 0 radical (unpaired) electrons. The minimum atomic E-state index is -1.07. The lowest BCUT2D eigenvalue weighted by Gasteiger charge is -2.25. The van der Waals surface area contributed by atoms with E-state index in [1.165, 1.54) is 31.2 Å². The fraction of sp³-hybridized carbons (Fsp3) is 0.290. The quantitative estimate of drug-likeness (QED) is 0.302. The van der Waals surface area contributed by atoms with E-state index < -0.39 is 47.6 Å². The number of rotatable bonds is 4. The van der Waals surface area contributed by atoms with Gasteiger partial charge in [0.05, 0.1) is 5.56 Å². The lowest BCUT2D eigenvalue weighted by atomic mass is 10.0. The first-order chi connectivity index (χ1) is 20.0. The second-order valence-corrected chi connectivity index (χ2v) is 10.4. The number of phenols is 1. The van der Waals surface area contributed by atoms with Crippen LogP contribution < -0.4 is 26.0 Å². The molecule has 0 fully saturated rings. The number of hydrogen-bond acceptors (Lipinski definition) is 6. The van der Waals surface area contributed by atoms with Gasteiger partial charge in [-0.2, -0.15) is 0 Å². The number of amides is 4. The summed E-state index contributed by atoms with van der Waals surface area (Å²) in [6.07, 6.45) is 0.101. The minimum absolute atomic E-state index is 0.0820. The van der Waals surface area contributed by atoms with Crippen molar-refractivity contribution in [1.82, 2.24) is 21.3 Å². The molecule has 0 saturated carbocycles. The summed E-state index contributed by atoms with van der Waals surface area (Å²) in [6, 6.07) is 13.8. The van der Waals surface area contributed by atoms with Gasteiger partial charge in [-0.05, 0) is 54.8 Å². The Morgan fingerprint density at radius 3 is 2.36 bits per heavy atom. The van der Waals surface area contributed by atoms with E-state index in [4.69, 9.17) is 4.74 Å². The molecule has 3 atom stereocenters. The van der Waals surface area contributed by atoms with E-state index in [0.717, 1.165) is 0 Å². The van der Waals surface area contributed by atoms with Crippen molar-refractivity contribution in [3.8, 4) is 17.2 Å². The molecule has 0 saturated heterocycles. The summed E-state index contributed by atoms with van der Waals surface area (Å²) in [7, 11) is 0. The molecule has 0 aliphatic carbocycles. The van der Waals surface area contributed by atoms with Crippen LogP contribution in [0.2, 0.25) is 0 Å². The number of aromatic hydroxyl groups is 1. The van der Waals surface area contributed by atoms with Crippen LogP contribution in [0.15, 0.2) is 66.7 Å². The first-order valence-electron chi connectivity index (χ1n) is 13.5. The van der Waals surface area contributed by atoms with Gasteiger partial charge in [-0.15, -0.1) is 0 Å². The summed E-state index contributed by atoms with van der Waals surface area (Å²) in [4.78, 5) is 52.6. The summed E-state index contributed by atoms with van der Waals surface area (Å²) < 4.78 is 20.0. The van der Waals surface area contributed by atoms with Gasteiger partial charge in [0, 0.05) is 18.5 Å². The second kappa shape index (κ2) is 13.2. The van der Waals surface area contributed by atoms with Crippen LogP contribution in [0.4, 0.5) is 4.39 Å². The van der Waals surface area contributed by atoms with E-state index >= 15 is 0 Å². The fourth-order valence-electron chi connectivity index (χ4n) is 4.40. The van der Waals surface area contributed by atoms with Crippen molar-refractivity contribution in [2.45, 2.75) is 51.9 Å². The molecule has 5 rings (SSSR count). The van der Waals surface area contributed by atoms with Gasteiger partial charge < -0.3 is 31.1 Å². The van der Waals surface area contributed by atoms with E-state index in [9.17, 15) is 28.7 Å². The van der Waals surface area contributed by atoms with Crippen LogP contribution in [0, 0.1) is 11.7 Å². The van der Waals surface area contributed by atoms with Gasteiger partial charge in [0.15, 0.2) is 0 Å². The molecule has 3 aromatic rings. The molecule has 2 aliphatic heterocycles. The van der Waals surface area contributed by atoms with E-state index in [2.05, 4.69) is 21.3 Å². The first-order valence-corrected chi connectivity index (χ1v) is 13.5. The Morgan fingerprint density at radius 1 is 0.976 bits per heavy atom. The van der Waals surface area contributed by atoms with Crippen molar-refractivity contribution in [3.63, 3.8) is 0 Å². The second-order valence-electron chi connectivity index (χ2n) is 10.4. The van der Waals surface area contributed by atoms with Gasteiger partial charge in [0.1, 0.15) is 41.2 Å². The average molecular weight is 577 g/mol. The van der Waals surface area contributed by atoms with Crippen LogP contribution in [-0.4, -0.2) is 46.9 Å². The number of fused-ring (bicyclic) bond motifs is 11. The standard InChI is InChI=1S/C31H33FN4O6/c1-17(2)27-31(41)34-18(3)28(38)35-25(30(40)33-16-20-6-4-5-7-24(20)32)14-19-8-10-21(11-9-19)42-22-12-13-26(37)23(15-22)29(39)36-27/h4-13,15,17-18,25,27,37H,14,16H2,1-3H3,(H,33,40)(H,34,41)(H,35,38)(H,36,39)/t18-,25+,27-/m0/s1. The van der Waals surface area contributed by atoms with Crippen LogP contribution in [-0.2, 0) is 27.3 Å². The van der Waals surface area contributed by atoms with Crippen molar-refractivity contribution in [3.05, 3.63) is 89.2 Å². The third kappa shape index (κ3) is 7.42. The molecule has 220 valence electrons. The van der Waals surface area contributed by atoms with Crippen LogP contribution in [0.25, 0.3) is 0 Å². The number of hydrogen-bond donors (Lipinski definition) is 5. The third-order valence-corrected chi connectivity index (χ3v) is 6.84.